The standard InChI is InChI=1S/C12H23NO2/c1-4-10(5-2)13-8-6-7-12(3,9-13)11(14)15/h10H,4-9H2,1-3H3,(H,14,15). The maximum Gasteiger partial charge on any atom is 0.310 e. The van der Waals surface area contributed by atoms with Crippen molar-refractivity contribution in [2.45, 2.75) is 52.5 Å². The smallest absolute Gasteiger partial charge is 0.310 e. The number of likely N-dealkylation sites (tertiary alicyclic amines) is 1. The van der Waals surface area contributed by atoms with Crippen molar-refractivity contribution in [3.8, 4) is 0 Å². The summed E-state index contributed by atoms with van der Waals surface area (Å²) in [5.41, 5.74) is -0.527. The molecule has 0 radical (unpaired) electrons. The Morgan fingerprint density at radius 2 is 2.07 bits per heavy atom. The summed E-state index contributed by atoms with van der Waals surface area (Å²) in [6.45, 7) is 8.02. The average molecular weight is 213 g/mol. The van der Waals surface area contributed by atoms with Crippen LogP contribution in [0.3, 0.4) is 0 Å². The molecule has 1 N–H and O–H groups in total. The lowest BCUT2D eigenvalue weighted by Crippen LogP contribution is -2.49. The number of hydrogen-bond donors (Lipinski definition) is 1. The van der Waals surface area contributed by atoms with Crippen molar-refractivity contribution in [1.29, 1.82) is 0 Å². The van der Waals surface area contributed by atoms with Gasteiger partial charge in [0.2, 0.25) is 0 Å². The van der Waals surface area contributed by atoms with Gasteiger partial charge >= 0.3 is 5.97 Å². The molecule has 0 aromatic carbocycles. The summed E-state index contributed by atoms with van der Waals surface area (Å²) in [5, 5.41) is 9.22. The number of carbonyl (C=O) groups is 1. The van der Waals surface area contributed by atoms with Crippen LogP contribution in [0.25, 0.3) is 0 Å². The third-order valence-electron chi connectivity index (χ3n) is 3.70. The van der Waals surface area contributed by atoms with Crippen LogP contribution in [-0.4, -0.2) is 35.1 Å². The van der Waals surface area contributed by atoms with Crippen LogP contribution in [0.2, 0.25) is 0 Å². The monoisotopic (exact) mass is 213 g/mol. The fourth-order valence-electron chi connectivity index (χ4n) is 2.57. The molecule has 1 unspecified atom stereocenters. The average Bonchev–Trinajstić information content (AvgIpc) is 2.19. The zero-order valence-corrected chi connectivity index (χ0v) is 10.1. The van der Waals surface area contributed by atoms with Crippen LogP contribution in [0, 0.1) is 5.41 Å². The van der Waals surface area contributed by atoms with Crippen LogP contribution < -0.4 is 0 Å². The second-order valence-corrected chi connectivity index (χ2v) is 4.91. The van der Waals surface area contributed by atoms with Gasteiger partial charge in [-0.3, -0.25) is 9.69 Å². The van der Waals surface area contributed by atoms with Gasteiger partial charge in [-0.2, -0.15) is 0 Å². The summed E-state index contributed by atoms with van der Waals surface area (Å²) in [6.07, 6.45) is 4.07. The molecule has 1 rings (SSSR count). The summed E-state index contributed by atoms with van der Waals surface area (Å²) in [4.78, 5) is 13.6. The zero-order chi connectivity index (χ0) is 11.5. The molecule has 0 bridgehead atoms. The number of rotatable bonds is 4. The fraction of sp³-hybridized carbons (Fsp3) is 0.917. The minimum absolute atomic E-state index is 0.527. The summed E-state index contributed by atoms with van der Waals surface area (Å²) in [6, 6.07) is 0.559. The van der Waals surface area contributed by atoms with E-state index in [1.807, 2.05) is 6.92 Å². The Bertz CT molecular complexity index is 226. The molecule has 0 aromatic rings. The Labute approximate surface area is 92.5 Å². The lowest BCUT2D eigenvalue weighted by Gasteiger charge is -2.41. The molecule has 1 aliphatic heterocycles. The second kappa shape index (κ2) is 4.97. The van der Waals surface area contributed by atoms with Gasteiger partial charge in [-0.05, 0) is 39.2 Å². The first kappa shape index (κ1) is 12.5. The topological polar surface area (TPSA) is 40.5 Å². The predicted octanol–water partition coefficient (Wildman–Crippen LogP) is 2.36. The minimum Gasteiger partial charge on any atom is -0.481 e. The predicted molar refractivity (Wildman–Crippen MR) is 60.9 cm³/mol. The zero-order valence-electron chi connectivity index (χ0n) is 10.1. The van der Waals surface area contributed by atoms with Crippen LogP contribution >= 0.6 is 0 Å². The Hall–Kier alpha value is -0.570. The van der Waals surface area contributed by atoms with Crippen LogP contribution in [0.4, 0.5) is 0 Å². The molecule has 0 aromatic heterocycles. The SMILES string of the molecule is CCC(CC)N1CCCC(C)(C(=O)O)C1. The first-order valence-corrected chi connectivity index (χ1v) is 6.01. The van der Waals surface area contributed by atoms with Crippen molar-refractivity contribution in [3.05, 3.63) is 0 Å². The van der Waals surface area contributed by atoms with E-state index < -0.39 is 11.4 Å². The van der Waals surface area contributed by atoms with Crippen LogP contribution in [-0.2, 0) is 4.79 Å². The molecule has 3 nitrogen and oxygen atoms in total. The van der Waals surface area contributed by atoms with Gasteiger partial charge in [-0.25, -0.2) is 0 Å². The van der Waals surface area contributed by atoms with E-state index in [1.54, 1.807) is 0 Å². The van der Waals surface area contributed by atoms with Gasteiger partial charge in [0, 0.05) is 12.6 Å². The Balaban J connectivity index is 2.66. The molecular formula is C12H23NO2. The van der Waals surface area contributed by atoms with Crippen LogP contribution in [0.5, 0.6) is 0 Å². The van der Waals surface area contributed by atoms with Crippen molar-refractivity contribution in [2.75, 3.05) is 13.1 Å². The maximum atomic E-state index is 11.2. The Kier molecular flexibility index (Phi) is 4.14. The third-order valence-corrected chi connectivity index (χ3v) is 3.70. The summed E-state index contributed by atoms with van der Waals surface area (Å²) < 4.78 is 0. The van der Waals surface area contributed by atoms with Gasteiger partial charge in [-0.15, -0.1) is 0 Å². The normalized spacial score (nSPS) is 28.3. The van der Waals surface area contributed by atoms with Gasteiger partial charge in [-0.1, -0.05) is 13.8 Å². The molecular weight excluding hydrogens is 190 g/mol. The Morgan fingerprint density at radius 1 is 1.47 bits per heavy atom. The molecule has 1 aliphatic rings. The first-order valence-electron chi connectivity index (χ1n) is 6.01. The fourth-order valence-corrected chi connectivity index (χ4v) is 2.57. The third kappa shape index (κ3) is 2.71. The number of carboxylic acids is 1. The van der Waals surface area contributed by atoms with E-state index in [4.69, 9.17) is 0 Å². The molecule has 1 saturated heterocycles. The van der Waals surface area contributed by atoms with E-state index in [9.17, 15) is 9.90 Å². The van der Waals surface area contributed by atoms with Crippen LogP contribution in [0.15, 0.2) is 0 Å². The number of piperidine rings is 1. The van der Waals surface area contributed by atoms with Gasteiger partial charge in [0.05, 0.1) is 5.41 Å². The molecule has 1 heterocycles. The molecule has 0 spiro atoms. The summed E-state index contributed by atoms with van der Waals surface area (Å²) in [5.74, 6) is -0.641. The van der Waals surface area contributed by atoms with Crippen molar-refractivity contribution in [1.82, 2.24) is 4.90 Å². The lowest BCUT2D eigenvalue weighted by molar-refractivity contribution is -0.151. The molecule has 0 saturated carbocycles. The van der Waals surface area contributed by atoms with Crippen molar-refractivity contribution in [3.63, 3.8) is 0 Å². The van der Waals surface area contributed by atoms with Gasteiger partial charge in [0.25, 0.3) is 0 Å². The van der Waals surface area contributed by atoms with E-state index in [1.165, 1.54) is 0 Å². The number of aliphatic carboxylic acids is 1. The largest absolute Gasteiger partial charge is 0.481 e. The number of carboxylic acid groups (broad SMARTS) is 1. The van der Waals surface area contributed by atoms with Gasteiger partial charge in [0.1, 0.15) is 0 Å². The minimum atomic E-state index is -0.641. The van der Waals surface area contributed by atoms with E-state index in [0.717, 1.165) is 32.2 Å². The van der Waals surface area contributed by atoms with E-state index in [2.05, 4.69) is 18.7 Å². The first-order chi connectivity index (χ1) is 7.03. The molecule has 1 fully saturated rings. The highest BCUT2D eigenvalue weighted by Gasteiger charge is 2.39. The maximum absolute atomic E-state index is 11.2. The van der Waals surface area contributed by atoms with Crippen molar-refractivity contribution >= 4 is 5.97 Å². The highest BCUT2D eigenvalue weighted by molar-refractivity contribution is 5.74. The molecule has 88 valence electrons. The highest BCUT2D eigenvalue weighted by atomic mass is 16.4. The van der Waals surface area contributed by atoms with Gasteiger partial charge in [0.15, 0.2) is 0 Å². The van der Waals surface area contributed by atoms with Crippen molar-refractivity contribution in [2.24, 2.45) is 5.41 Å². The van der Waals surface area contributed by atoms with Crippen molar-refractivity contribution < 1.29 is 9.90 Å². The second-order valence-electron chi connectivity index (χ2n) is 4.91. The lowest BCUT2D eigenvalue weighted by atomic mass is 9.81. The molecule has 15 heavy (non-hydrogen) atoms. The molecule has 3 heteroatoms. The highest BCUT2D eigenvalue weighted by Crippen LogP contribution is 2.31. The quantitative estimate of drug-likeness (QED) is 0.779. The summed E-state index contributed by atoms with van der Waals surface area (Å²) in [7, 11) is 0. The molecule has 0 aliphatic carbocycles. The number of hydrogen-bond acceptors (Lipinski definition) is 2. The Morgan fingerprint density at radius 3 is 2.53 bits per heavy atom. The van der Waals surface area contributed by atoms with E-state index >= 15 is 0 Å². The van der Waals surface area contributed by atoms with Crippen LogP contribution in [0.1, 0.15) is 46.5 Å². The van der Waals surface area contributed by atoms with Gasteiger partial charge < -0.3 is 5.11 Å². The van der Waals surface area contributed by atoms with E-state index in [-0.39, 0.29) is 0 Å². The number of nitrogens with zero attached hydrogens (tertiary/aromatic N) is 1. The molecule has 0 amide bonds. The summed E-state index contributed by atoms with van der Waals surface area (Å²) >= 11 is 0. The van der Waals surface area contributed by atoms with E-state index in [0.29, 0.717) is 12.6 Å². The molecule has 1 atom stereocenters.